The molecule has 0 aliphatic heterocycles. The predicted molar refractivity (Wildman–Crippen MR) is 75.1 cm³/mol. The number of hydrogen-bond acceptors (Lipinski definition) is 4. The number of primary sulfonamides is 1. The molecule has 0 spiro atoms. The number of sulfonamides is 2. The van der Waals surface area contributed by atoms with Gasteiger partial charge >= 0.3 is 0 Å². The van der Waals surface area contributed by atoms with Crippen LogP contribution in [0.15, 0.2) is 23.1 Å². The molecule has 108 valence electrons. The van der Waals surface area contributed by atoms with Crippen LogP contribution in [0.25, 0.3) is 0 Å². The Morgan fingerprint density at radius 1 is 1.26 bits per heavy atom. The molecule has 0 atom stereocenters. The minimum absolute atomic E-state index is 0.00398. The Kier molecular flexibility index (Phi) is 5.19. The van der Waals surface area contributed by atoms with Crippen LogP contribution < -0.4 is 9.86 Å². The lowest BCUT2D eigenvalue weighted by molar-refractivity contribution is 0.595. The lowest BCUT2D eigenvalue weighted by Gasteiger charge is -2.10. The van der Waals surface area contributed by atoms with Gasteiger partial charge in [0.05, 0.1) is 21.4 Å². The first-order chi connectivity index (χ1) is 8.65. The monoisotopic (exact) mass is 326 g/mol. The minimum atomic E-state index is -3.91. The number of anilines is 1. The molecule has 0 aromatic heterocycles. The molecular weight excluding hydrogens is 312 g/mol. The summed E-state index contributed by atoms with van der Waals surface area (Å²) in [6.07, 6.45) is 1.23. The first kappa shape index (κ1) is 16.2. The molecule has 3 N–H and O–H groups in total. The van der Waals surface area contributed by atoms with Gasteiger partial charge in [-0.15, -0.1) is 0 Å². The highest BCUT2D eigenvalue weighted by atomic mass is 35.5. The van der Waals surface area contributed by atoms with Gasteiger partial charge in [-0.1, -0.05) is 24.9 Å². The van der Waals surface area contributed by atoms with Crippen LogP contribution in [-0.2, 0) is 20.0 Å². The quantitative estimate of drug-likeness (QED) is 0.826. The summed E-state index contributed by atoms with van der Waals surface area (Å²) < 4.78 is 48.1. The van der Waals surface area contributed by atoms with Gasteiger partial charge in [-0.2, -0.15) is 0 Å². The van der Waals surface area contributed by atoms with Crippen LogP contribution in [0.2, 0.25) is 5.02 Å². The van der Waals surface area contributed by atoms with Gasteiger partial charge in [-0.3, -0.25) is 4.72 Å². The smallest absolute Gasteiger partial charge is 0.238 e. The first-order valence-electron chi connectivity index (χ1n) is 5.48. The molecule has 0 aliphatic carbocycles. The summed E-state index contributed by atoms with van der Waals surface area (Å²) in [5, 5.41) is 5.08. The summed E-state index contributed by atoms with van der Waals surface area (Å²) in [6, 6.07) is 3.58. The van der Waals surface area contributed by atoms with Crippen LogP contribution in [0.3, 0.4) is 0 Å². The van der Waals surface area contributed by atoms with E-state index >= 15 is 0 Å². The highest BCUT2D eigenvalue weighted by Gasteiger charge is 2.15. The summed E-state index contributed by atoms with van der Waals surface area (Å²) in [7, 11) is -7.46. The van der Waals surface area contributed by atoms with Gasteiger partial charge in [0.25, 0.3) is 0 Å². The van der Waals surface area contributed by atoms with Crippen LogP contribution in [-0.4, -0.2) is 22.6 Å². The Balaban J connectivity index is 3.08. The SMILES string of the molecule is CCCCS(=O)(=O)Nc1cc(S(N)(=O)=O)ccc1Cl. The average molecular weight is 327 g/mol. The van der Waals surface area contributed by atoms with Crippen molar-refractivity contribution in [3.05, 3.63) is 23.2 Å². The fraction of sp³-hybridized carbons (Fsp3) is 0.400. The summed E-state index contributed by atoms with van der Waals surface area (Å²) in [4.78, 5) is -0.204. The fourth-order valence-electron chi connectivity index (χ4n) is 1.31. The van der Waals surface area contributed by atoms with E-state index in [0.717, 1.165) is 12.5 Å². The number of nitrogens with one attached hydrogen (secondary N) is 1. The van der Waals surface area contributed by atoms with Crippen molar-refractivity contribution in [3.63, 3.8) is 0 Å². The molecule has 1 aromatic carbocycles. The van der Waals surface area contributed by atoms with E-state index in [1.54, 1.807) is 0 Å². The molecule has 6 nitrogen and oxygen atoms in total. The van der Waals surface area contributed by atoms with Crippen molar-refractivity contribution in [2.45, 2.75) is 24.7 Å². The Hall–Kier alpha value is -0.830. The molecule has 1 aromatic rings. The standard InChI is InChI=1S/C10H15ClN2O4S2/c1-2-3-6-18(14,15)13-10-7-8(19(12,16)17)4-5-9(10)11/h4-5,7,13H,2-3,6H2,1H3,(H2,12,16,17). The van der Waals surface area contributed by atoms with Gasteiger partial charge in [0.2, 0.25) is 20.0 Å². The van der Waals surface area contributed by atoms with Gasteiger partial charge < -0.3 is 0 Å². The highest BCUT2D eigenvalue weighted by molar-refractivity contribution is 7.92. The highest BCUT2D eigenvalue weighted by Crippen LogP contribution is 2.25. The molecule has 0 fully saturated rings. The number of unbranched alkanes of at least 4 members (excludes halogenated alkanes) is 1. The largest absolute Gasteiger partial charge is 0.282 e. The predicted octanol–water partition coefficient (Wildman–Crippen LogP) is 1.53. The van der Waals surface area contributed by atoms with E-state index in [9.17, 15) is 16.8 Å². The zero-order valence-electron chi connectivity index (χ0n) is 10.3. The van der Waals surface area contributed by atoms with E-state index in [-0.39, 0.29) is 21.4 Å². The molecule has 0 unspecified atom stereocenters. The van der Waals surface area contributed by atoms with Crippen LogP contribution >= 0.6 is 11.6 Å². The molecule has 0 saturated heterocycles. The Labute approximate surface area is 118 Å². The third kappa shape index (κ3) is 4.98. The van der Waals surface area contributed by atoms with E-state index in [2.05, 4.69) is 4.72 Å². The van der Waals surface area contributed by atoms with E-state index in [1.165, 1.54) is 12.1 Å². The Bertz CT molecular complexity index is 656. The lowest BCUT2D eigenvalue weighted by Crippen LogP contribution is -2.18. The van der Waals surface area contributed by atoms with Crippen molar-refractivity contribution in [2.75, 3.05) is 10.5 Å². The number of benzene rings is 1. The number of nitrogens with two attached hydrogens (primary N) is 1. The summed E-state index contributed by atoms with van der Waals surface area (Å²) >= 11 is 5.82. The van der Waals surface area contributed by atoms with Gasteiger partial charge in [-0.05, 0) is 24.6 Å². The molecule has 0 heterocycles. The molecular formula is C10H15ClN2O4S2. The second-order valence-electron chi connectivity index (χ2n) is 3.96. The molecule has 0 aliphatic rings. The van der Waals surface area contributed by atoms with Crippen molar-refractivity contribution < 1.29 is 16.8 Å². The van der Waals surface area contributed by atoms with E-state index in [0.29, 0.717) is 6.42 Å². The maximum Gasteiger partial charge on any atom is 0.238 e. The summed E-state index contributed by atoms with van der Waals surface area (Å²) in [5.41, 5.74) is 0.00398. The van der Waals surface area contributed by atoms with Crippen molar-refractivity contribution in [1.82, 2.24) is 0 Å². The molecule has 0 radical (unpaired) electrons. The molecule has 19 heavy (non-hydrogen) atoms. The maximum atomic E-state index is 11.7. The number of halogens is 1. The number of rotatable bonds is 6. The summed E-state index contributed by atoms with van der Waals surface area (Å²) in [6.45, 7) is 1.87. The van der Waals surface area contributed by atoms with Crippen molar-refractivity contribution in [3.8, 4) is 0 Å². The Morgan fingerprint density at radius 3 is 2.42 bits per heavy atom. The Morgan fingerprint density at radius 2 is 1.89 bits per heavy atom. The van der Waals surface area contributed by atoms with Crippen molar-refractivity contribution in [2.24, 2.45) is 5.14 Å². The second-order valence-corrected chi connectivity index (χ2v) is 7.77. The fourth-order valence-corrected chi connectivity index (χ4v) is 3.35. The number of hydrogen-bond donors (Lipinski definition) is 2. The van der Waals surface area contributed by atoms with Crippen molar-refractivity contribution >= 4 is 37.3 Å². The normalized spacial score (nSPS) is 12.4. The van der Waals surface area contributed by atoms with Crippen molar-refractivity contribution in [1.29, 1.82) is 0 Å². The zero-order chi connectivity index (χ0) is 14.7. The molecule has 0 saturated carbocycles. The molecule has 0 amide bonds. The maximum absolute atomic E-state index is 11.7. The third-order valence-electron chi connectivity index (χ3n) is 2.30. The van der Waals surface area contributed by atoms with E-state index < -0.39 is 20.0 Å². The zero-order valence-corrected chi connectivity index (χ0v) is 12.6. The van der Waals surface area contributed by atoms with Gasteiger partial charge in [0.1, 0.15) is 0 Å². The van der Waals surface area contributed by atoms with Gasteiger partial charge in [0.15, 0.2) is 0 Å². The van der Waals surface area contributed by atoms with Gasteiger partial charge in [0, 0.05) is 0 Å². The average Bonchev–Trinajstić information content (AvgIpc) is 2.28. The molecule has 0 bridgehead atoms. The van der Waals surface area contributed by atoms with E-state index in [1.807, 2.05) is 6.92 Å². The van der Waals surface area contributed by atoms with E-state index in [4.69, 9.17) is 16.7 Å². The first-order valence-corrected chi connectivity index (χ1v) is 9.06. The van der Waals surface area contributed by atoms with Gasteiger partial charge in [-0.25, -0.2) is 22.0 Å². The molecule has 1 rings (SSSR count). The van der Waals surface area contributed by atoms with Crippen LogP contribution in [0.5, 0.6) is 0 Å². The minimum Gasteiger partial charge on any atom is -0.282 e. The van der Waals surface area contributed by atoms with Crippen LogP contribution in [0.4, 0.5) is 5.69 Å². The third-order valence-corrected chi connectivity index (χ3v) is 4.90. The van der Waals surface area contributed by atoms with Crippen LogP contribution in [0, 0.1) is 0 Å². The van der Waals surface area contributed by atoms with Crippen LogP contribution in [0.1, 0.15) is 19.8 Å². The lowest BCUT2D eigenvalue weighted by atomic mass is 10.3. The second kappa shape index (κ2) is 6.08. The topological polar surface area (TPSA) is 106 Å². The molecule has 9 heteroatoms. The summed E-state index contributed by atoms with van der Waals surface area (Å²) in [5.74, 6) is -0.0561.